The molecule has 0 saturated heterocycles. The highest BCUT2D eigenvalue weighted by Crippen LogP contribution is 2.18. The molecule has 1 atom stereocenters. The van der Waals surface area contributed by atoms with Crippen LogP contribution in [-0.4, -0.2) is 9.55 Å². The molecule has 1 heterocycles. The van der Waals surface area contributed by atoms with E-state index in [1.807, 2.05) is 31.7 Å². The maximum atomic E-state index is 4.07. The van der Waals surface area contributed by atoms with Crippen LogP contribution in [0.25, 0.3) is 6.08 Å². The SMILES string of the molecule is C/C=C/c1ccc(C(C)n2ccnc2)cc1. The molecule has 1 aromatic heterocycles. The van der Waals surface area contributed by atoms with E-state index in [1.54, 1.807) is 0 Å². The van der Waals surface area contributed by atoms with Gasteiger partial charge in [-0.1, -0.05) is 36.4 Å². The monoisotopic (exact) mass is 212 g/mol. The third-order valence-electron chi connectivity index (χ3n) is 2.75. The minimum Gasteiger partial charge on any atom is -0.330 e. The Morgan fingerprint density at radius 3 is 2.56 bits per heavy atom. The van der Waals surface area contributed by atoms with E-state index in [9.17, 15) is 0 Å². The summed E-state index contributed by atoms with van der Waals surface area (Å²) in [6, 6.07) is 8.95. The van der Waals surface area contributed by atoms with Crippen LogP contribution in [-0.2, 0) is 0 Å². The van der Waals surface area contributed by atoms with Gasteiger partial charge in [-0.3, -0.25) is 0 Å². The topological polar surface area (TPSA) is 17.8 Å². The highest BCUT2D eigenvalue weighted by molar-refractivity contribution is 5.49. The standard InChI is InChI=1S/C14H16N2/c1-3-4-13-5-7-14(8-6-13)12(2)16-10-9-15-11-16/h3-12H,1-2H3/b4-3+. The molecule has 1 aromatic carbocycles. The molecule has 16 heavy (non-hydrogen) atoms. The Kier molecular flexibility index (Phi) is 3.20. The summed E-state index contributed by atoms with van der Waals surface area (Å²) < 4.78 is 2.10. The van der Waals surface area contributed by atoms with Crippen molar-refractivity contribution in [1.29, 1.82) is 0 Å². The van der Waals surface area contributed by atoms with Crippen molar-refractivity contribution in [2.45, 2.75) is 19.9 Å². The highest BCUT2D eigenvalue weighted by Gasteiger charge is 2.05. The van der Waals surface area contributed by atoms with E-state index in [-0.39, 0.29) is 0 Å². The average molecular weight is 212 g/mol. The van der Waals surface area contributed by atoms with Gasteiger partial charge in [-0.2, -0.15) is 0 Å². The minimum absolute atomic E-state index is 0.335. The first kappa shape index (κ1) is 10.7. The van der Waals surface area contributed by atoms with Crippen molar-refractivity contribution in [2.24, 2.45) is 0 Å². The van der Waals surface area contributed by atoms with Crippen LogP contribution in [0.4, 0.5) is 0 Å². The molecule has 1 unspecified atom stereocenters. The maximum absolute atomic E-state index is 4.07. The second kappa shape index (κ2) is 4.79. The minimum atomic E-state index is 0.335. The molecule has 2 nitrogen and oxygen atoms in total. The average Bonchev–Trinajstić information content (AvgIpc) is 2.83. The molecule has 0 radical (unpaired) electrons. The van der Waals surface area contributed by atoms with Crippen LogP contribution in [0.2, 0.25) is 0 Å². The lowest BCUT2D eigenvalue weighted by atomic mass is 10.1. The number of imidazole rings is 1. The molecule has 0 saturated carbocycles. The number of benzene rings is 1. The van der Waals surface area contributed by atoms with Crippen molar-refractivity contribution in [3.63, 3.8) is 0 Å². The van der Waals surface area contributed by atoms with Crippen LogP contribution in [0.5, 0.6) is 0 Å². The molecule has 2 heteroatoms. The Balaban J connectivity index is 2.21. The molecule has 0 aliphatic heterocycles. The van der Waals surface area contributed by atoms with Gasteiger partial charge in [-0.15, -0.1) is 0 Å². The summed E-state index contributed by atoms with van der Waals surface area (Å²) in [4.78, 5) is 4.07. The molecular formula is C14H16N2. The van der Waals surface area contributed by atoms with Gasteiger partial charge < -0.3 is 4.57 Å². The molecule has 0 amide bonds. The second-order valence-electron chi connectivity index (χ2n) is 3.85. The van der Waals surface area contributed by atoms with Crippen molar-refractivity contribution >= 4 is 6.08 Å². The highest BCUT2D eigenvalue weighted by atomic mass is 15.0. The Bertz CT molecular complexity index is 452. The molecule has 0 N–H and O–H groups in total. The van der Waals surface area contributed by atoms with E-state index in [1.165, 1.54) is 11.1 Å². The summed E-state index contributed by atoms with van der Waals surface area (Å²) in [7, 11) is 0. The fraction of sp³-hybridized carbons (Fsp3) is 0.214. The second-order valence-corrected chi connectivity index (χ2v) is 3.85. The van der Waals surface area contributed by atoms with Gasteiger partial charge in [0.1, 0.15) is 0 Å². The van der Waals surface area contributed by atoms with Crippen LogP contribution in [0.3, 0.4) is 0 Å². The summed E-state index contributed by atoms with van der Waals surface area (Å²) in [5.74, 6) is 0. The predicted octanol–water partition coefficient (Wildman–Crippen LogP) is 3.53. The zero-order chi connectivity index (χ0) is 11.4. The number of hydrogen-bond acceptors (Lipinski definition) is 1. The van der Waals surface area contributed by atoms with Gasteiger partial charge in [0.05, 0.1) is 12.4 Å². The first-order valence-electron chi connectivity index (χ1n) is 5.51. The number of hydrogen-bond donors (Lipinski definition) is 0. The van der Waals surface area contributed by atoms with Crippen molar-refractivity contribution < 1.29 is 0 Å². The van der Waals surface area contributed by atoms with Gasteiger partial charge in [0.25, 0.3) is 0 Å². The van der Waals surface area contributed by atoms with E-state index in [0.29, 0.717) is 6.04 Å². The van der Waals surface area contributed by atoms with Crippen molar-refractivity contribution in [1.82, 2.24) is 9.55 Å². The van der Waals surface area contributed by atoms with Crippen LogP contribution >= 0.6 is 0 Å². The Morgan fingerprint density at radius 1 is 1.25 bits per heavy atom. The number of aromatic nitrogens is 2. The van der Waals surface area contributed by atoms with Gasteiger partial charge in [0.2, 0.25) is 0 Å². The molecule has 0 spiro atoms. The lowest BCUT2D eigenvalue weighted by molar-refractivity contribution is 0.638. The first-order chi connectivity index (χ1) is 7.81. The normalized spacial score (nSPS) is 13.1. The van der Waals surface area contributed by atoms with Gasteiger partial charge in [0.15, 0.2) is 0 Å². The number of nitrogens with zero attached hydrogens (tertiary/aromatic N) is 2. The van der Waals surface area contributed by atoms with Gasteiger partial charge in [0, 0.05) is 12.4 Å². The zero-order valence-electron chi connectivity index (χ0n) is 9.67. The van der Waals surface area contributed by atoms with Gasteiger partial charge in [-0.25, -0.2) is 4.98 Å². The maximum Gasteiger partial charge on any atom is 0.0951 e. The summed E-state index contributed by atoms with van der Waals surface area (Å²) in [6.45, 7) is 4.20. The quantitative estimate of drug-likeness (QED) is 0.761. The summed E-state index contributed by atoms with van der Waals surface area (Å²) in [5.41, 5.74) is 2.54. The van der Waals surface area contributed by atoms with E-state index in [4.69, 9.17) is 0 Å². The zero-order valence-corrected chi connectivity index (χ0v) is 9.67. The molecular weight excluding hydrogens is 196 g/mol. The summed E-state index contributed by atoms with van der Waals surface area (Å²) in [6.07, 6.45) is 9.81. The van der Waals surface area contributed by atoms with E-state index in [2.05, 4.69) is 46.8 Å². The molecule has 0 fully saturated rings. The largest absolute Gasteiger partial charge is 0.330 e. The van der Waals surface area contributed by atoms with Crippen molar-refractivity contribution in [2.75, 3.05) is 0 Å². The Morgan fingerprint density at radius 2 is 2.00 bits per heavy atom. The Hall–Kier alpha value is -1.83. The van der Waals surface area contributed by atoms with Crippen molar-refractivity contribution in [3.05, 3.63) is 60.2 Å². The lowest BCUT2D eigenvalue weighted by Gasteiger charge is -2.13. The third kappa shape index (κ3) is 2.22. The van der Waals surface area contributed by atoms with Gasteiger partial charge >= 0.3 is 0 Å². The Labute approximate surface area is 96.3 Å². The van der Waals surface area contributed by atoms with Crippen molar-refractivity contribution in [3.8, 4) is 0 Å². The molecule has 2 rings (SSSR count). The predicted molar refractivity (Wildman–Crippen MR) is 67.2 cm³/mol. The van der Waals surface area contributed by atoms with E-state index >= 15 is 0 Å². The van der Waals surface area contributed by atoms with E-state index in [0.717, 1.165) is 0 Å². The van der Waals surface area contributed by atoms with E-state index < -0.39 is 0 Å². The van der Waals surface area contributed by atoms with Gasteiger partial charge in [-0.05, 0) is 25.0 Å². The van der Waals surface area contributed by atoms with Crippen LogP contribution in [0.1, 0.15) is 31.0 Å². The van der Waals surface area contributed by atoms with Crippen LogP contribution < -0.4 is 0 Å². The molecule has 2 aromatic rings. The molecule has 0 bridgehead atoms. The fourth-order valence-electron chi connectivity index (χ4n) is 1.75. The molecule has 82 valence electrons. The van der Waals surface area contributed by atoms with Crippen LogP contribution in [0, 0.1) is 0 Å². The summed E-state index contributed by atoms with van der Waals surface area (Å²) in [5, 5.41) is 0. The lowest BCUT2D eigenvalue weighted by Crippen LogP contribution is -2.03. The smallest absolute Gasteiger partial charge is 0.0951 e. The number of rotatable bonds is 3. The summed E-state index contributed by atoms with van der Waals surface area (Å²) >= 11 is 0. The third-order valence-corrected chi connectivity index (χ3v) is 2.75. The molecule has 0 aliphatic rings. The first-order valence-corrected chi connectivity index (χ1v) is 5.51. The fourth-order valence-corrected chi connectivity index (χ4v) is 1.75. The molecule has 0 aliphatic carbocycles. The number of allylic oxidation sites excluding steroid dienone is 1. The van der Waals surface area contributed by atoms with Crippen LogP contribution in [0.15, 0.2) is 49.1 Å².